The van der Waals surface area contributed by atoms with Gasteiger partial charge in [-0.15, -0.1) is 10.9 Å². The first-order chi connectivity index (χ1) is 10.9. The Morgan fingerprint density at radius 3 is 2.17 bits per heavy atom. The van der Waals surface area contributed by atoms with Crippen molar-refractivity contribution in [3.05, 3.63) is 0 Å². The Kier molecular flexibility index (Phi) is 10.5. The molecule has 0 spiro atoms. The minimum atomic E-state index is -3.56. The molecule has 0 aliphatic rings. The molecule has 0 radical (unpaired) electrons. The molecule has 0 rings (SSSR count). The second-order valence-corrected chi connectivity index (χ2v) is 9.58. The molecule has 7 heteroatoms. The van der Waals surface area contributed by atoms with Crippen LogP contribution in [0.25, 0.3) is 0 Å². The first kappa shape index (κ1) is 23.7. The van der Waals surface area contributed by atoms with Crippen molar-refractivity contribution in [2.75, 3.05) is 39.5 Å². The monoisotopic (exact) mass is 366 g/mol. The van der Waals surface area contributed by atoms with Crippen molar-refractivity contribution in [2.24, 2.45) is 5.41 Å². The minimum Gasteiger partial charge on any atom is -0.773 e. The van der Waals surface area contributed by atoms with E-state index < -0.39 is 10.9 Å². The van der Waals surface area contributed by atoms with Crippen LogP contribution < -0.4 is 5.32 Å². The fourth-order valence-electron chi connectivity index (χ4n) is 2.40. The highest BCUT2D eigenvalue weighted by atomic mass is 32.3. The standard InChI is InChI=1S/C17H38N2O4S/c1-6-17(2,3)16(20)18-12-11-14-19(4,5)13-9-7-8-10-15-24(21,22)23/h6-15H2,1-5H3,(H3-,18,20,21,22,23). The van der Waals surface area contributed by atoms with Crippen LogP contribution in [-0.2, 0) is 4.79 Å². The van der Waals surface area contributed by atoms with Gasteiger partial charge in [-0.3, -0.25) is 4.79 Å². The fourth-order valence-corrected chi connectivity index (χ4v) is 2.98. The van der Waals surface area contributed by atoms with Gasteiger partial charge in [0.15, 0.2) is 0 Å². The summed E-state index contributed by atoms with van der Waals surface area (Å²) in [5.41, 5.74) is -0.295. The Balaban J connectivity index is 3.77. The first-order valence-electron chi connectivity index (χ1n) is 8.97. The Bertz CT molecular complexity index is 368. The van der Waals surface area contributed by atoms with E-state index in [0.29, 0.717) is 13.0 Å². The van der Waals surface area contributed by atoms with Crippen LogP contribution >= 0.6 is 10.9 Å². The number of nitrogens with one attached hydrogen (secondary N) is 1. The molecule has 0 aliphatic carbocycles. The SMILES string of the molecule is CCC(C)(C)C(=O)NCCC[N+](C)(C)CCCCCCS([O-])(O)O. The molecule has 0 aliphatic heterocycles. The van der Waals surface area contributed by atoms with Crippen molar-refractivity contribution >= 4 is 16.8 Å². The summed E-state index contributed by atoms with van der Waals surface area (Å²) in [5, 5.41) is 3.02. The van der Waals surface area contributed by atoms with Gasteiger partial charge in [0.2, 0.25) is 5.91 Å². The van der Waals surface area contributed by atoms with E-state index in [1.165, 1.54) is 0 Å². The lowest BCUT2D eigenvalue weighted by Crippen LogP contribution is -2.43. The van der Waals surface area contributed by atoms with Gasteiger partial charge in [-0.05, 0) is 25.7 Å². The normalized spacial score (nSPS) is 13.8. The smallest absolute Gasteiger partial charge is 0.225 e. The van der Waals surface area contributed by atoms with E-state index in [0.717, 1.165) is 49.7 Å². The summed E-state index contributed by atoms with van der Waals surface area (Å²) in [6.07, 6.45) is 5.29. The van der Waals surface area contributed by atoms with Crippen LogP contribution in [0, 0.1) is 5.41 Å². The van der Waals surface area contributed by atoms with E-state index in [1.807, 2.05) is 20.8 Å². The second kappa shape index (κ2) is 10.6. The van der Waals surface area contributed by atoms with Crippen LogP contribution in [0.2, 0.25) is 0 Å². The number of amides is 1. The fraction of sp³-hybridized carbons (Fsp3) is 0.941. The molecule has 24 heavy (non-hydrogen) atoms. The summed E-state index contributed by atoms with van der Waals surface area (Å²) >= 11 is 0. The van der Waals surface area contributed by atoms with Crippen molar-refractivity contribution in [2.45, 2.75) is 59.3 Å². The van der Waals surface area contributed by atoms with Crippen molar-refractivity contribution in [3.8, 4) is 0 Å². The number of hydrogen-bond acceptors (Lipinski definition) is 4. The molecule has 0 aromatic carbocycles. The van der Waals surface area contributed by atoms with Crippen LogP contribution in [0.1, 0.15) is 59.3 Å². The molecule has 0 saturated heterocycles. The lowest BCUT2D eigenvalue weighted by molar-refractivity contribution is -0.890. The summed E-state index contributed by atoms with van der Waals surface area (Å²) in [6, 6.07) is 0. The molecule has 0 aromatic rings. The van der Waals surface area contributed by atoms with Crippen molar-refractivity contribution in [1.29, 1.82) is 0 Å². The van der Waals surface area contributed by atoms with Gasteiger partial charge in [0.05, 0.1) is 27.2 Å². The third kappa shape index (κ3) is 12.1. The van der Waals surface area contributed by atoms with Crippen LogP contribution in [0.4, 0.5) is 0 Å². The molecular formula is C17H38N2O4S. The summed E-state index contributed by atoms with van der Waals surface area (Å²) in [6.45, 7) is 8.73. The maximum atomic E-state index is 12.0. The molecule has 3 N–H and O–H groups in total. The quantitative estimate of drug-likeness (QED) is 0.344. The molecule has 0 bridgehead atoms. The molecule has 0 aromatic heterocycles. The number of carbonyl (C=O) groups excluding carboxylic acids is 1. The Labute approximate surface area is 149 Å². The molecule has 0 atom stereocenters. The lowest BCUT2D eigenvalue weighted by atomic mass is 9.89. The zero-order valence-electron chi connectivity index (χ0n) is 16.1. The third-order valence-electron chi connectivity index (χ3n) is 4.65. The third-order valence-corrected chi connectivity index (χ3v) is 5.47. The summed E-state index contributed by atoms with van der Waals surface area (Å²) < 4.78 is 29.2. The molecule has 0 fully saturated rings. The zero-order chi connectivity index (χ0) is 18.9. The van der Waals surface area contributed by atoms with E-state index in [2.05, 4.69) is 19.4 Å². The topological polar surface area (TPSA) is 92.6 Å². The molecule has 0 saturated carbocycles. The largest absolute Gasteiger partial charge is 0.773 e. The highest BCUT2D eigenvalue weighted by Gasteiger charge is 2.24. The summed E-state index contributed by atoms with van der Waals surface area (Å²) in [5.74, 6) is 0.0960. The minimum absolute atomic E-state index is 0.0287. The van der Waals surface area contributed by atoms with Crippen LogP contribution in [0.5, 0.6) is 0 Å². The van der Waals surface area contributed by atoms with Crippen molar-refractivity contribution < 1.29 is 22.9 Å². The Morgan fingerprint density at radius 1 is 1.08 bits per heavy atom. The van der Waals surface area contributed by atoms with Gasteiger partial charge in [0, 0.05) is 24.1 Å². The molecular weight excluding hydrogens is 328 g/mol. The predicted molar refractivity (Wildman–Crippen MR) is 101 cm³/mol. The second-order valence-electron chi connectivity index (χ2n) is 7.95. The van der Waals surface area contributed by atoms with E-state index in [1.54, 1.807) is 0 Å². The molecule has 0 heterocycles. The number of carbonyl (C=O) groups is 1. The van der Waals surface area contributed by atoms with E-state index in [-0.39, 0.29) is 17.1 Å². The highest BCUT2D eigenvalue weighted by Crippen LogP contribution is 2.33. The van der Waals surface area contributed by atoms with Crippen LogP contribution in [0.15, 0.2) is 0 Å². The van der Waals surface area contributed by atoms with Crippen molar-refractivity contribution in [3.63, 3.8) is 0 Å². The van der Waals surface area contributed by atoms with Gasteiger partial charge in [-0.2, -0.15) is 0 Å². The molecule has 6 nitrogen and oxygen atoms in total. The first-order valence-corrected chi connectivity index (χ1v) is 10.6. The van der Waals surface area contributed by atoms with E-state index in [9.17, 15) is 9.35 Å². The lowest BCUT2D eigenvalue weighted by Gasteiger charge is -2.33. The number of unbranched alkanes of at least 4 members (excludes halogenated alkanes) is 3. The van der Waals surface area contributed by atoms with Gasteiger partial charge in [-0.25, -0.2) is 0 Å². The maximum absolute atomic E-state index is 12.0. The van der Waals surface area contributed by atoms with E-state index in [4.69, 9.17) is 9.11 Å². The number of hydrogen-bond donors (Lipinski definition) is 3. The number of nitrogens with zero attached hydrogens (tertiary/aromatic N) is 1. The van der Waals surface area contributed by atoms with Crippen molar-refractivity contribution in [1.82, 2.24) is 5.32 Å². The molecule has 146 valence electrons. The number of quaternary nitrogens is 1. The van der Waals surface area contributed by atoms with Gasteiger partial charge in [-0.1, -0.05) is 27.2 Å². The molecule has 0 unspecified atom stereocenters. The predicted octanol–water partition coefficient (Wildman–Crippen LogP) is 3.45. The number of rotatable bonds is 13. The summed E-state index contributed by atoms with van der Waals surface area (Å²) in [7, 11) is 0.810. The van der Waals surface area contributed by atoms with Gasteiger partial charge in [0.25, 0.3) is 0 Å². The van der Waals surface area contributed by atoms with Crippen LogP contribution in [0.3, 0.4) is 0 Å². The van der Waals surface area contributed by atoms with Gasteiger partial charge < -0.3 is 23.5 Å². The average molecular weight is 367 g/mol. The molecule has 1 amide bonds. The highest BCUT2D eigenvalue weighted by molar-refractivity contribution is 8.19. The van der Waals surface area contributed by atoms with E-state index >= 15 is 0 Å². The zero-order valence-corrected chi connectivity index (χ0v) is 17.0. The Hall–Kier alpha value is -0.340. The summed E-state index contributed by atoms with van der Waals surface area (Å²) in [4.78, 5) is 12.0. The maximum Gasteiger partial charge on any atom is 0.225 e. The average Bonchev–Trinajstić information content (AvgIpc) is 2.45. The van der Waals surface area contributed by atoms with Crippen LogP contribution in [-0.4, -0.2) is 63.5 Å². The Morgan fingerprint density at radius 2 is 1.62 bits per heavy atom. The van der Waals surface area contributed by atoms with Gasteiger partial charge >= 0.3 is 0 Å². The van der Waals surface area contributed by atoms with Gasteiger partial charge in [0.1, 0.15) is 0 Å².